The van der Waals surface area contributed by atoms with E-state index in [2.05, 4.69) is 15.5 Å². The van der Waals surface area contributed by atoms with Crippen molar-refractivity contribution in [2.75, 3.05) is 5.43 Å². The van der Waals surface area contributed by atoms with Crippen LogP contribution in [-0.4, -0.2) is 16.3 Å². The number of hydrogen-bond donors (Lipinski definition) is 2. The molecule has 4 nitrogen and oxygen atoms in total. The molecule has 3 rings (SSSR count). The Morgan fingerprint density at radius 2 is 1.91 bits per heavy atom. The molecule has 0 atom stereocenters. The fourth-order valence-corrected chi connectivity index (χ4v) is 2.63. The van der Waals surface area contributed by atoms with E-state index in [4.69, 9.17) is 11.6 Å². The quantitative estimate of drug-likeness (QED) is 0.542. The number of benzene rings is 2. The van der Waals surface area contributed by atoms with E-state index >= 15 is 0 Å². The second-order valence-corrected chi connectivity index (χ2v) is 5.77. The summed E-state index contributed by atoms with van der Waals surface area (Å²) in [5.74, 6) is 0.189. The van der Waals surface area contributed by atoms with Gasteiger partial charge in [0.25, 0.3) is 0 Å². The molecule has 0 saturated carbocycles. The lowest BCUT2D eigenvalue weighted by Gasteiger charge is -1.98. The summed E-state index contributed by atoms with van der Waals surface area (Å²) in [6.07, 6.45) is 1.55. The molecule has 6 heteroatoms. The fourth-order valence-electron chi connectivity index (χ4n) is 1.83. The molecule has 0 amide bonds. The summed E-state index contributed by atoms with van der Waals surface area (Å²) in [4.78, 5) is 4.45. The Bertz CT molecular complexity index is 799. The van der Waals surface area contributed by atoms with Crippen LogP contribution in [-0.2, 0) is 0 Å². The van der Waals surface area contributed by atoms with Crippen LogP contribution in [0.4, 0.5) is 5.13 Å². The lowest BCUT2D eigenvalue weighted by molar-refractivity contribution is 0.474. The number of hydrazone groups is 1. The van der Waals surface area contributed by atoms with Gasteiger partial charge >= 0.3 is 0 Å². The van der Waals surface area contributed by atoms with E-state index in [0.717, 1.165) is 11.3 Å². The fraction of sp³-hybridized carbons (Fsp3) is 0. The SMILES string of the molecule is Oc1ccccc1C=NNc1nc(-c2ccc(Cl)cc2)cs1. The van der Waals surface area contributed by atoms with Crippen molar-refractivity contribution in [3.63, 3.8) is 0 Å². The van der Waals surface area contributed by atoms with Crippen LogP contribution in [0.25, 0.3) is 11.3 Å². The van der Waals surface area contributed by atoms with E-state index in [1.165, 1.54) is 11.3 Å². The minimum Gasteiger partial charge on any atom is -0.507 e. The van der Waals surface area contributed by atoms with Gasteiger partial charge in [0, 0.05) is 21.5 Å². The maximum atomic E-state index is 9.64. The molecule has 0 spiro atoms. The third kappa shape index (κ3) is 3.44. The van der Waals surface area contributed by atoms with Gasteiger partial charge in [-0.3, -0.25) is 5.43 Å². The second kappa shape index (κ2) is 6.60. The van der Waals surface area contributed by atoms with Gasteiger partial charge < -0.3 is 5.11 Å². The monoisotopic (exact) mass is 329 g/mol. The molecule has 0 saturated heterocycles. The van der Waals surface area contributed by atoms with Crippen molar-refractivity contribution >= 4 is 34.3 Å². The number of rotatable bonds is 4. The predicted octanol–water partition coefficient (Wildman–Crippen LogP) is 4.62. The van der Waals surface area contributed by atoms with Crippen molar-refractivity contribution in [2.45, 2.75) is 0 Å². The summed E-state index contributed by atoms with van der Waals surface area (Å²) < 4.78 is 0. The first-order valence-corrected chi connectivity index (χ1v) is 7.77. The molecule has 3 aromatic rings. The predicted molar refractivity (Wildman–Crippen MR) is 91.9 cm³/mol. The van der Waals surface area contributed by atoms with E-state index in [1.807, 2.05) is 35.7 Å². The van der Waals surface area contributed by atoms with Crippen LogP contribution >= 0.6 is 22.9 Å². The summed E-state index contributed by atoms with van der Waals surface area (Å²) in [7, 11) is 0. The van der Waals surface area contributed by atoms with Gasteiger partial charge in [-0.2, -0.15) is 5.10 Å². The van der Waals surface area contributed by atoms with Gasteiger partial charge in [0.15, 0.2) is 0 Å². The molecule has 1 aromatic heterocycles. The molecule has 0 radical (unpaired) electrons. The minimum absolute atomic E-state index is 0.189. The number of halogens is 1. The minimum atomic E-state index is 0.189. The number of nitrogens with one attached hydrogen (secondary N) is 1. The van der Waals surface area contributed by atoms with Crippen molar-refractivity contribution in [3.05, 3.63) is 64.5 Å². The van der Waals surface area contributed by atoms with Crippen LogP contribution < -0.4 is 5.43 Å². The molecule has 1 heterocycles. The highest BCUT2D eigenvalue weighted by molar-refractivity contribution is 7.14. The summed E-state index contributed by atoms with van der Waals surface area (Å²) in [6, 6.07) is 14.5. The van der Waals surface area contributed by atoms with Crippen LogP contribution in [0.5, 0.6) is 5.75 Å². The second-order valence-electron chi connectivity index (χ2n) is 4.47. The largest absolute Gasteiger partial charge is 0.507 e. The molecule has 2 aromatic carbocycles. The third-order valence-electron chi connectivity index (χ3n) is 2.94. The Morgan fingerprint density at radius 1 is 1.14 bits per heavy atom. The van der Waals surface area contributed by atoms with Crippen LogP contribution in [0.3, 0.4) is 0 Å². The summed E-state index contributed by atoms with van der Waals surface area (Å²) in [5.41, 5.74) is 5.37. The number of anilines is 1. The van der Waals surface area contributed by atoms with Crippen LogP contribution in [0.2, 0.25) is 5.02 Å². The normalized spacial score (nSPS) is 11.0. The molecule has 0 aliphatic heterocycles. The number of nitrogens with zero attached hydrogens (tertiary/aromatic N) is 2. The first-order valence-electron chi connectivity index (χ1n) is 6.51. The van der Waals surface area contributed by atoms with Gasteiger partial charge in [0.05, 0.1) is 11.9 Å². The number of para-hydroxylation sites is 1. The van der Waals surface area contributed by atoms with Crippen molar-refractivity contribution in [1.82, 2.24) is 4.98 Å². The molecule has 110 valence electrons. The first-order chi connectivity index (χ1) is 10.7. The average Bonchev–Trinajstić information content (AvgIpc) is 2.99. The average molecular weight is 330 g/mol. The Labute approximate surface area is 136 Å². The van der Waals surface area contributed by atoms with Crippen molar-refractivity contribution < 1.29 is 5.11 Å². The van der Waals surface area contributed by atoms with Crippen LogP contribution in [0.1, 0.15) is 5.56 Å². The molecule has 0 bridgehead atoms. The third-order valence-corrected chi connectivity index (χ3v) is 3.94. The van der Waals surface area contributed by atoms with E-state index < -0.39 is 0 Å². The molecule has 22 heavy (non-hydrogen) atoms. The highest BCUT2D eigenvalue weighted by Crippen LogP contribution is 2.26. The maximum Gasteiger partial charge on any atom is 0.203 e. The van der Waals surface area contributed by atoms with E-state index in [1.54, 1.807) is 24.4 Å². The molecule has 0 aliphatic carbocycles. The van der Waals surface area contributed by atoms with Crippen molar-refractivity contribution in [3.8, 4) is 17.0 Å². The molecule has 0 unspecified atom stereocenters. The molecule has 0 aliphatic rings. The lowest BCUT2D eigenvalue weighted by atomic mass is 10.2. The Kier molecular flexibility index (Phi) is 4.37. The topological polar surface area (TPSA) is 57.5 Å². The zero-order valence-corrected chi connectivity index (χ0v) is 13.0. The van der Waals surface area contributed by atoms with Gasteiger partial charge in [-0.15, -0.1) is 11.3 Å². The molecular weight excluding hydrogens is 318 g/mol. The van der Waals surface area contributed by atoms with Gasteiger partial charge in [0.1, 0.15) is 5.75 Å². The summed E-state index contributed by atoms with van der Waals surface area (Å²) in [5, 5.41) is 17.0. The van der Waals surface area contributed by atoms with E-state index in [0.29, 0.717) is 15.7 Å². The number of phenolic OH excluding ortho intramolecular Hbond substituents is 1. The summed E-state index contributed by atoms with van der Waals surface area (Å²) in [6.45, 7) is 0. The molecule has 2 N–H and O–H groups in total. The highest BCUT2D eigenvalue weighted by atomic mass is 35.5. The van der Waals surface area contributed by atoms with Gasteiger partial charge in [0.2, 0.25) is 5.13 Å². The number of thiazole rings is 1. The highest BCUT2D eigenvalue weighted by Gasteiger charge is 2.03. The number of aromatic hydroxyl groups is 1. The van der Waals surface area contributed by atoms with Crippen LogP contribution in [0.15, 0.2) is 59.0 Å². The van der Waals surface area contributed by atoms with Crippen molar-refractivity contribution in [2.24, 2.45) is 5.10 Å². The number of aromatic nitrogens is 1. The Hall–Kier alpha value is -2.37. The number of phenols is 1. The zero-order valence-electron chi connectivity index (χ0n) is 11.4. The van der Waals surface area contributed by atoms with E-state index in [-0.39, 0.29) is 5.75 Å². The smallest absolute Gasteiger partial charge is 0.203 e. The van der Waals surface area contributed by atoms with E-state index in [9.17, 15) is 5.11 Å². The maximum absolute atomic E-state index is 9.64. The standard InChI is InChI=1S/C16H12ClN3OS/c17-13-7-5-11(6-8-13)14-10-22-16(19-14)20-18-9-12-3-1-2-4-15(12)21/h1-10,21H,(H,19,20). The van der Waals surface area contributed by atoms with Crippen LogP contribution in [0, 0.1) is 0 Å². The van der Waals surface area contributed by atoms with Crippen molar-refractivity contribution in [1.29, 1.82) is 0 Å². The van der Waals surface area contributed by atoms with Gasteiger partial charge in [-0.25, -0.2) is 4.98 Å². The lowest BCUT2D eigenvalue weighted by Crippen LogP contribution is -1.90. The van der Waals surface area contributed by atoms with Gasteiger partial charge in [-0.05, 0) is 24.3 Å². The Balaban J connectivity index is 1.70. The zero-order chi connectivity index (χ0) is 15.4. The van der Waals surface area contributed by atoms with Gasteiger partial charge in [-0.1, -0.05) is 35.9 Å². The summed E-state index contributed by atoms with van der Waals surface area (Å²) >= 11 is 7.33. The Morgan fingerprint density at radius 3 is 2.68 bits per heavy atom. The first kappa shape index (κ1) is 14.6. The molecular formula is C16H12ClN3OS. The molecule has 0 fully saturated rings. The number of hydrogen-bond acceptors (Lipinski definition) is 5.